The third-order valence-electron chi connectivity index (χ3n) is 6.01. The maximum absolute atomic E-state index is 13.4. The van der Waals surface area contributed by atoms with Crippen molar-refractivity contribution in [2.45, 2.75) is 31.4 Å². The summed E-state index contributed by atoms with van der Waals surface area (Å²) in [5.41, 5.74) is 0.497. The van der Waals surface area contributed by atoms with Crippen molar-refractivity contribution in [2.75, 3.05) is 32.2 Å². The van der Waals surface area contributed by atoms with Gasteiger partial charge in [-0.05, 0) is 19.1 Å². The predicted octanol–water partition coefficient (Wildman–Crippen LogP) is 2.85. The maximum Gasteiger partial charge on any atom is 0.243 e. The van der Waals surface area contributed by atoms with Crippen LogP contribution in [0, 0.1) is 5.92 Å². The fraction of sp³-hybridized carbons (Fsp3) is 0.455. The number of ether oxygens (including phenoxy) is 3. The Labute approximate surface area is 208 Å². The molecule has 1 aliphatic rings. The molecule has 35 heavy (non-hydrogen) atoms. The molecule has 1 aliphatic heterocycles. The van der Waals surface area contributed by atoms with Crippen LogP contribution in [0.1, 0.15) is 31.4 Å². The number of nitrogens with zero attached hydrogens (tertiary/aromatic N) is 5. The lowest BCUT2D eigenvalue weighted by Crippen LogP contribution is -2.32. The fourth-order valence-corrected chi connectivity index (χ4v) is 5.05. The maximum atomic E-state index is 13.4. The highest BCUT2D eigenvalue weighted by molar-refractivity contribution is 7.93. The summed E-state index contributed by atoms with van der Waals surface area (Å²) >= 11 is 5.87. The average molecular weight is 523 g/mol. The van der Waals surface area contributed by atoms with E-state index >= 15 is 0 Å². The van der Waals surface area contributed by atoms with Crippen LogP contribution in [0.15, 0.2) is 30.6 Å². The van der Waals surface area contributed by atoms with Gasteiger partial charge in [-0.15, -0.1) is 10.2 Å². The normalized spacial score (nSPS) is 15.8. The first-order chi connectivity index (χ1) is 16.7. The van der Waals surface area contributed by atoms with Crippen molar-refractivity contribution in [2.24, 2.45) is 5.92 Å². The van der Waals surface area contributed by atoms with Gasteiger partial charge < -0.3 is 14.2 Å². The van der Waals surface area contributed by atoms with Gasteiger partial charge >= 0.3 is 0 Å². The molecule has 1 fully saturated rings. The Kier molecular flexibility index (Phi) is 7.43. The van der Waals surface area contributed by atoms with Gasteiger partial charge in [0.25, 0.3) is 0 Å². The summed E-state index contributed by atoms with van der Waals surface area (Å²) in [5, 5.41) is 7.97. The molecule has 13 heteroatoms. The second kappa shape index (κ2) is 10.3. The quantitative estimate of drug-likeness (QED) is 0.427. The van der Waals surface area contributed by atoms with Gasteiger partial charge in [-0.3, -0.25) is 9.29 Å². The van der Waals surface area contributed by atoms with Gasteiger partial charge in [-0.1, -0.05) is 24.6 Å². The molecule has 2 atom stereocenters. The van der Waals surface area contributed by atoms with Gasteiger partial charge in [0, 0.05) is 30.7 Å². The third kappa shape index (κ3) is 5.19. The van der Waals surface area contributed by atoms with E-state index in [-0.39, 0.29) is 11.9 Å². The standard InChI is InChI=1S/C22H27ClN6O5S/c1-13(21-24-9-16(23)10-25-21)14(2)35(30,31)28-22-27-26-19(8-15-11-34-12-15)29(22)20-17(32-3)6-5-7-18(20)33-4/h5-7,9-10,13-15H,8,11-12H2,1-4H3,(H,27,28)/t13-,14-/m0/s1. The van der Waals surface area contributed by atoms with Crippen molar-refractivity contribution in [3.8, 4) is 17.2 Å². The van der Waals surface area contributed by atoms with E-state index in [4.69, 9.17) is 25.8 Å². The second-order valence-electron chi connectivity index (χ2n) is 8.29. The van der Waals surface area contributed by atoms with Crippen LogP contribution in [-0.2, 0) is 21.2 Å². The summed E-state index contributed by atoms with van der Waals surface area (Å²) in [6.07, 6.45) is 3.42. The summed E-state index contributed by atoms with van der Waals surface area (Å²) in [6, 6.07) is 5.30. The van der Waals surface area contributed by atoms with Gasteiger partial charge in [-0.25, -0.2) is 18.4 Å². The number of halogens is 1. The van der Waals surface area contributed by atoms with Crippen LogP contribution in [0.3, 0.4) is 0 Å². The number of para-hydroxylation sites is 1. The highest BCUT2D eigenvalue weighted by Gasteiger charge is 2.33. The zero-order chi connectivity index (χ0) is 25.2. The molecule has 2 aromatic heterocycles. The van der Waals surface area contributed by atoms with Crippen molar-refractivity contribution >= 4 is 27.6 Å². The van der Waals surface area contributed by atoms with E-state index in [1.54, 1.807) is 36.6 Å². The molecular formula is C22H27ClN6O5S. The number of anilines is 1. The Morgan fingerprint density at radius 1 is 1.14 bits per heavy atom. The van der Waals surface area contributed by atoms with Gasteiger partial charge in [0.2, 0.25) is 16.0 Å². The van der Waals surface area contributed by atoms with Gasteiger partial charge in [-0.2, -0.15) is 0 Å². The smallest absolute Gasteiger partial charge is 0.243 e. The summed E-state index contributed by atoms with van der Waals surface area (Å²) in [6.45, 7) is 4.53. The van der Waals surface area contributed by atoms with Crippen molar-refractivity contribution < 1.29 is 22.6 Å². The second-order valence-corrected chi connectivity index (χ2v) is 10.8. The van der Waals surface area contributed by atoms with Crippen LogP contribution in [0.5, 0.6) is 11.5 Å². The van der Waals surface area contributed by atoms with E-state index < -0.39 is 21.2 Å². The molecule has 3 aromatic rings. The van der Waals surface area contributed by atoms with Crippen LogP contribution < -0.4 is 14.2 Å². The number of benzene rings is 1. The Balaban J connectivity index is 1.73. The first kappa shape index (κ1) is 25.1. The number of aromatic nitrogens is 5. The van der Waals surface area contributed by atoms with E-state index in [0.29, 0.717) is 53.5 Å². The zero-order valence-corrected chi connectivity index (χ0v) is 21.4. The van der Waals surface area contributed by atoms with Gasteiger partial charge in [0.1, 0.15) is 28.8 Å². The monoisotopic (exact) mass is 522 g/mol. The van der Waals surface area contributed by atoms with Crippen LogP contribution in [-0.4, -0.2) is 65.8 Å². The van der Waals surface area contributed by atoms with E-state index in [1.807, 2.05) is 0 Å². The average Bonchev–Trinajstić information content (AvgIpc) is 3.21. The number of methoxy groups -OCH3 is 2. The molecule has 0 saturated carbocycles. The molecule has 1 N–H and O–H groups in total. The minimum Gasteiger partial charge on any atom is -0.494 e. The molecule has 0 radical (unpaired) electrons. The lowest BCUT2D eigenvalue weighted by Gasteiger charge is -2.26. The summed E-state index contributed by atoms with van der Waals surface area (Å²) in [5.74, 6) is 1.64. The Hall–Kier alpha value is -2.96. The van der Waals surface area contributed by atoms with E-state index in [2.05, 4.69) is 24.9 Å². The molecule has 4 rings (SSSR count). The lowest BCUT2D eigenvalue weighted by molar-refractivity contribution is -0.0322. The molecule has 1 saturated heterocycles. The molecule has 0 amide bonds. The molecule has 188 valence electrons. The summed E-state index contributed by atoms with van der Waals surface area (Å²) < 4.78 is 47.5. The van der Waals surface area contributed by atoms with E-state index in [9.17, 15) is 8.42 Å². The Morgan fingerprint density at radius 3 is 2.31 bits per heavy atom. The van der Waals surface area contributed by atoms with Gasteiger partial charge in [0.15, 0.2) is 0 Å². The number of nitrogens with one attached hydrogen (secondary N) is 1. The first-order valence-electron chi connectivity index (χ1n) is 11.0. The molecule has 0 unspecified atom stereocenters. The zero-order valence-electron chi connectivity index (χ0n) is 19.8. The lowest BCUT2D eigenvalue weighted by atomic mass is 10.0. The Morgan fingerprint density at radius 2 is 1.77 bits per heavy atom. The minimum absolute atomic E-state index is 0.0270. The van der Waals surface area contributed by atoms with Crippen molar-refractivity contribution in [1.82, 2.24) is 24.7 Å². The molecule has 3 heterocycles. The Bertz CT molecular complexity index is 1260. The third-order valence-corrected chi connectivity index (χ3v) is 8.06. The number of rotatable bonds is 10. The largest absolute Gasteiger partial charge is 0.494 e. The van der Waals surface area contributed by atoms with Crippen molar-refractivity contribution in [1.29, 1.82) is 0 Å². The van der Waals surface area contributed by atoms with Crippen molar-refractivity contribution in [3.63, 3.8) is 0 Å². The molecular weight excluding hydrogens is 496 g/mol. The van der Waals surface area contributed by atoms with Crippen LogP contribution >= 0.6 is 11.6 Å². The number of hydrogen-bond acceptors (Lipinski definition) is 9. The van der Waals surface area contributed by atoms with E-state index in [0.717, 1.165) is 0 Å². The molecule has 1 aromatic carbocycles. The summed E-state index contributed by atoms with van der Waals surface area (Å²) in [7, 11) is -0.881. The van der Waals surface area contributed by atoms with E-state index in [1.165, 1.54) is 26.6 Å². The first-order valence-corrected chi connectivity index (χ1v) is 12.9. The molecule has 0 aliphatic carbocycles. The van der Waals surface area contributed by atoms with Crippen LogP contribution in [0.4, 0.5) is 5.95 Å². The topological polar surface area (TPSA) is 130 Å². The molecule has 0 bridgehead atoms. The predicted molar refractivity (Wildman–Crippen MR) is 130 cm³/mol. The number of sulfonamides is 1. The molecule has 0 spiro atoms. The van der Waals surface area contributed by atoms with Crippen LogP contribution in [0.25, 0.3) is 5.69 Å². The van der Waals surface area contributed by atoms with Crippen LogP contribution in [0.2, 0.25) is 5.02 Å². The summed E-state index contributed by atoms with van der Waals surface area (Å²) in [4.78, 5) is 8.34. The fourth-order valence-electron chi connectivity index (χ4n) is 3.72. The number of hydrogen-bond donors (Lipinski definition) is 1. The highest BCUT2D eigenvalue weighted by atomic mass is 35.5. The van der Waals surface area contributed by atoms with Crippen molar-refractivity contribution in [3.05, 3.63) is 47.3 Å². The highest BCUT2D eigenvalue weighted by Crippen LogP contribution is 2.36. The molecule has 11 nitrogen and oxygen atoms in total. The SMILES string of the molecule is COc1cccc(OC)c1-n1c(CC2COC2)nnc1NS(=O)(=O)[C@@H](C)[C@H](C)c1ncc(Cl)cn1. The minimum atomic E-state index is -3.94. The van der Waals surface area contributed by atoms with Gasteiger partial charge in [0.05, 0.1) is 37.7 Å².